The number of allylic oxidation sites excluding steroid dienone is 2. The van der Waals surface area contributed by atoms with E-state index in [4.69, 9.17) is 4.74 Å². The summed E-state index contributed by atoms with van der Waals surface area (Å²) in [5.74, 6) is -0.000400. The molecule has 0 radical (unpaired) electrons. The molecular weight excluding hydrogens is 1090 g/mol. The lowest BCUT2D eigenvalue weighted by atomic mass is 10.0. The Bertz CT molecular complexity index is 1350. The van der Waals surface area contributed by atoms with Crippen molar-refractivity contribution in [2.75, 3.05) is 13.2 Å². The number of aliphatic hydroxyl groups excluding tert-OH is 2. The van der Waals surface area contributed by atoms with E-state index in [-0.39, 0.29) is 18.5 Å². The Morgan fingerprint density at radius 3 is 0.798 bits per heavy atom. The Morgan fingerprint density at radius 2 is 0.528 bits per heavy atom. The standard InChI is InChI=1S/C83H163NO5/c1-3-5-7-9-11-13-15-17-18-19-20-40-43-46-49-52-55-59-63-67-71-75-81(86)80(79-85)84-82(87)76-72-68-64-60-56-53-50-47-44-41-38-36-34-32-30-28-26-24-22-21-23-25-27-29-31-33-35-37-39-42-45-48-51-54-58-62-66-70-74-78-89-83(88)77-73-69-65-61-57-16-14-12-10-8-6-4-2/h21-22,80-81,85-86H,3-20,23-79H2,1-2H3,(H,84,87)/b22-21-. The second-order valence-corrected chi connectivity index (χ2v) is 28.8. The largest absolute Gasteiger partial charge is 0.466 e. The van der Waals surface area contributed by atoms with Crippen LogP contribution in [0.1, 0.15) is 483 Å². The number of ether oxygens (including phenoxy) is 1. The van der Waals surface area contributed by atoms with Crippen molar-refractivity contribution >= 4 is 11.9 Å². The van der Waals surface area contributed by atoms with Gasteiger partial charge in [0.15, 0.2) is 0 Å². The van der Waals surface area contributed by atoms with Gasteiger partial charge in [-0.2, -0.15) is 0 Å². The van der Waals surface area contributed by atoms with E-state index in [2.05, 4.69) is 31.3 Å². The zero-order valence-corrected chi connectivity index (χ0v) is 61.0. The summed E-state index contributed by atoms with van der Waals surface area (Å²) in [7, 11) is 0. The molecule has 0 rings (SSSR count). The zero-order valence-electron chi connectivity index (χ0n) is 61.0. The van der Waals surface area contributed by atoms with Crippen LogP contribution < -0.4 is 5.32 Å². The first-order valence-corrected chi connectivity index (χ1v) is 41.4. The molecule has 2 atom stereocenters. The molecule has 0 aromatic heterocycles. The molecule has 6 heteroatoms. The molecule has 0 saturated heterocycles. The molecule has 2 unspecified atom stereocenters. The highest BCUT2D eigenvalue weighted by Crippen LogP contribution is 2.21. The number of rotatable bonds is 79. The van der Waals surface area contributed by atoms with Crippen LogP contribution in [-0.4, -0.2) is 47.4 Å². The highest BCUT2D eigenvalue weighted by molar-refractivity contribution is 5.76. The molecule has 6 nitrogen and oxygen atoms in total. The van der Waals surface area contributed by atoms with Crippen molar-refractivity contribution in [3.05, 3.63) is 12.2 Å². The maximum atomic E-state index is 12.6. The van der Waals surface area contributed by atoms with Gasteiger partial charge in [-0.15, -0.1) is 0 Å². The first kappa shape index (κ1) is 87.6. The van der Waals surface area contributed by atoms with E-state index in [0.717, 1.165) is 38.5 Å². The van der Waals surface area contributed by atoms with Crippen LogP contribution in [0.3, 0.4) is 0 Å². The molecular formula is C83H163NO5. The van der Waals surface area contributed by atoms with Gasteiger partial charge in [0, 0.05) is 12.8 Å². The second kappa shape index (κ2) is 79.0. The zero-order chi connectivity index (χ0) is 64.2. The van der Waals surface area contributed by atoms with Crippen LogP contribution in [-0.2, 0) is 14.3 Å². The van der Waals surface area contributed by atoms with Crippen LogP contribution in [0.15, 0.2) is 12.2 Å². The summed E-state index contributed by atoms with van der Waals surface area (Å²) < 4.78 is 5.49. The van der Waals surface area contributed by atoms with Crippen molar-refractivity contribution in [2.24, 2.45) is 0 Å². The molecule has 0 bridgehead atoms. The van der Waals surface area contributed by atoms with E-state index >= 15 is 0 Å². The van der Waals surface area contributed by atoms with Crippen molar-refractivity contribution in [1.29, 1.82) is 0 Å². The quantitative estimate of drug-likeness (QED) is 0.0320. The predicted octanol–water partition coefficient (Wildman–Crippen LogP) is 27.4. The Hall–Kier alpha value is -1.40. The van der Waals surface area contributed by atoms with Crippen molar-refractivity contribution in [3.63, 3.8) is 0 Å². The third-order valence-corrected chi connectivity index (χ3v) is 19.8. The van der Waals surface area contributed by atoms with Crippen molar-refractivity contribution in [2.45, 2.75) is 495 Å². The molecule has 3 N–H and O–H groups in total. The minimum atomic E-state index is -0.662. The molecule has 0 aromatic carbocycles. The molecule has 0 heterocycles. The first-order valence-electron chi connectivity index (χ1n) is 41.4. The lowest BCUT2D eigenvalue weighted by Gasteiger charge is -2.22. The Kier molecular flexibility index (Phi) is 77.8. The minimum absolute atomic E-state index is 0.0243. The number of nitrogens with one attached hydrogen (secondary N) is 1. The number of carbonyl (C=O) groups excluding carboxylic acids is 2. The topological polar surface area (TPSA) is 95.9 Å². The Labute approximate surface area is 559 Å². The number of unbranched alkanes of at least 4 members (excludes halogenated alkanes) is 66. The monoisotopic (exact) mass is 1250 g/mol. The van der Waals surface area contributed by atoms with Gasteiger partial charge in [0.25, 0.3) is 0 Å². The van der Waals surface area contributed by atoms with E-state index < -0.39 is 12.1 Å². The average molecular weight is 1260 g/mol. The highest BCUT2D eigenvalue weighted by atomic mass is 16.5. The summed E-state index contributed by atoms with van der Waals surface area (Å²) in [5.41, 5.74) is 0. The molecule has 530 valence electrons. The van der Waals surface area contributed by atoms with Gasteiger partial charge in [-0.3, -0.25) is 9.59 Å². The lowest BCUT2D eigenvalue weighted by Crippen LogP contribution is -2.45. The van der Waals surface area contributed by atoms with Gasteiger partial charge in [0.1, 0.15) is 0 Å². The summed E-state index contributed by atoms with van der Waals surface area (Å²) in [6.45, 7) is 5.01. The van der Waals surface area contributed by atoms with Crippen molar-refractivity contribution < 1.29 is 24.5 Å². The average Bonchev–Trinajstić information content (AvgIpc) is 3.60. The number of hydrogen-bond acceptors (Lipinski definition) is 5. The van der Waals surface area contributed by atoms with Gasteiger partial charge >= 0.3 is 5.97 Å². The van der Waals surface area contributed by atoms with Crippen LogP contribution in [0.4, 0.5) is 0 Å². The molecule has 0 spiro atoms. The Morgan fingerprint density at radius 1 is 0.303 bits per heavy atom. The van der Waals surface area contributed by atoms with E-state index in [0.29, 0.717) is 25.9 Å². The smallest absolute Gasteiger partial charge is 0.305 e. The SMILES string of the molecule is CCCCCCCCCCCCCCCCCCCCCCCC(O)C(CO)NC(=O)CCCCCCCCCCCCCCCCCCC/C=C\CCCCCCCCCCCCCCCCCCCCOC(=O)CCCCCCCCCCCCCC. The fourth-order valence-electron chi connectivity index (χ4n) is 13.5. The van der Waals surface area contributed by atoms with Crippen LogP contribution in [0, 0.1) is 0 Å². The third kappa shape index (κ3) is 75.5. The van der Waals surface area contributed by atoms with Gasteiger partial charge in [-0.25, -0.2) is 0 Å². The molecule has 0 saturated carbocycles. The van der Waals surface area contributed by atoms with Crippen molar-refractivity contribution in [3.8, 4) is 0 Å². The molecule has 0 aliphatic carbocycles. The fraction of sp³-hybridized carbons (Fsp3) is 0.952. The number of esters is 1. The summed E-state index contributed by atoms with van der Waals surface area (Å²) >= 11 is 0. The molecule has 0 aliphatic heterocycles. The van der Waals surface area contributed by atoms with Crippen LogP contribution in [0.25, 0.3) is 0 Å². The van der Waals surface area contributed by atoms with Crippen LogP contribution in [0.5, 0.6) is 0 Å². The summed E-state index contributed by atoms with van der Waals surface area (Å²) in [6.07, 6.45) is 100. The highest BCUT2D eigenvalue weighted by Gasteiger charge is 2.20. The predicted molar refractivity (Wildman–Crippen MR) is 394 cm³/mol. The van der Waals surface area contributed by atoms with E-state index in [1.807, 2.05) is 0 Å². The maximum absolute atomic E-state index is 12.6. The van der Waals surface area contributed by atoms with E-state index in [1.54, 1.807) is 0 Å². The molecule has 0 aromatic rings. The van der Waals surface area contributed by atoms with E-state index in [9.17, 15) is 19.8 Å². The summed E-state index contributed by atoms with van der Waals surface area (Å²) in [5, 5.41) is 23.5. The molecule has 89 heavy (non-hydrogen) atoms. The minimum Gasteiger partial charge on any atom is -0.466 e. The van der Waals surface area contributed by atoms with Gasteiger partial charge in [-0.05, 0) is 51.4 Å². The third-order valence-electron chi connectivity index (χ3n) is 19.8. The maximum Gasteiger partial charge on any atom is 0.305 e. The first-order chi connectivity index (χ1) is 44.0. The van der Waals surface area contributed by atoms with Gasteiger partial charge in [-0.1, -0.05) is 431 Å². The van der Waals surface area contributed by atoms with Crippen LogP contribution in [0.2, 0.25) is 0 Å². The summed E-state index contributed by atoms with van der Waals surface area (Å²) in [6, 6.07) is -0.538. The number of hydrogen-bond donors (Lipinski definition) is 3. The number of carbonyl (C=O) groups is 2. The van der Waals surface area contributed by atoms with Gasteiger partial charge < -0.3 is 20.3 Å². The molecule has 1 amide bonds. The van der Waals surface area contributed by atoms with Gasteiger partial charge in [0.05, 0.1) is 25.4 Å². The van der Waals surface area contributed by atoms with Gasteiger partial charge in [0.2, 0.25) is 5.91 Å². The van der Waals surface area contributed by atoms with Crippen LogP contribution >= 0.6 is 0 Å². The number of aliphatic hydroxyl groups is 2. The number of amides is 1. The van der Waals surface area contributed by atoms with E-state index in [1.165, 1.54) is 411 Å². The Balaban J connectivity index is 3.32. The fourth-order valence-corrected chi connectivity index (χ4v) is 13.5. The lowest BCUT2D eigenvalue weighted by molar-refractivity contribution is -0.143. The second-order valence-electron chi connectivity index (χ2n) is 28.8. The van der Waals surface area contributed by atoms with Crippen molar-refractivity contribution in [1.82, 2.24) is 5.32 Å². The normalized spacial score (nSPS) is 12.4. The molecule has 0 aliphatic rings. The summed E-state index contributed by atoms with van der Waals surface area (Å²) in [4.78, 5) is 24.6. The molecule has 0 fully saturated rings.